The maximum atomic E-state index is 12.5. The molecule has 0 bridgehead atoms. The van der Waals surface area contributed by atoms with Gasteiger partial charge < -0.3 is 14.8 Å². The summed E-state index contributed by atoms with van der Waals surface area (Å²) in [6.45, 7) is 7.38. The van der Waals surface area contributed by atoms with Crippen molar-refractivity contribution in [3.63, 3.8) is 0 Å². The molecule has 174 valence electrons. The predicted molar refractivity (Wildman–Crippen MR) is 140 cm³/mol. The van der Waals surface area contributed by atoms with Crippen LogP contribution >= 0.6 is 11.8 Å². The summed E-state index contributed by atoms with van der Waals surface area (Å²) in [6.07, 6.45) is 1.83. The number of carbonyl (C=O) groups excluding carboxylic acids is 1. The fraction of sp³-hybridized carbons (Fsp3) is 0.214. The molecule has 1 fully saturated rings. The van der Waals surface area contributed by atoms with Crippen LogP contribution in [0.3, 0.4) is 0 Å². The van der Waals surface area contributed by atoms with E-state index in [9.17, 15) is 4.79 Å². The number of nitrogens with zero attached hydrogens (tertiary/aromatic N) is 1. The average molecular weight is 473 g/mol. The summed E-state index contributed by atoms with van der Waals surface area (Å²) < 4.78 is 11.8. The van der Waals surface area contributed by atoms with Crippen LogP contribution in [0.2, 0.25) is 0 Å². The number of thioether (sulfide) groups is 1. The number of rotatable bonds is 7. The minimum absolute atomic E-state index is 0.114. The molecule has 1 amide bonds. The Morgan fingerprint density at radius 3 is 2.29 bits per heavy atom. The summed E-state index contributed by atoms with van der Waals surface area (Å²) >= 11 is 1.32. The molecule has 3 aromatic carbocycles. The molecule has 0 aromatic heterocycles. The van der Waals surface area contributed by atoms with Gasteiger partial charge in [-0.1, -0.05) is 69.3 Å². The number of hydrogen-bond donors (Lipinski definition) is 1. The number of aliphatic imine (C=N–C) groups is 1. The zero-order chi connectivity index (χ0) is 24.0. The Kier molecular flexibility index (Phi) is 7.38. The van der Waals surface area contributed by atoms with E-state index in [4.69, 9.17) is 9.47 Å². The van der Waals surface area contributed by atoms with Gasteiger partial charge in [0, 0.05) is 5.56 Å². The number of para-hydroxylation sites is 2. The number of ether oxygens (including phenoxy) is 2. The van der Waals surface area contributed by atoms with E-state index in [1.54, 1.807) is 0 Å². The van der Waals surface area contributed by atoms with Crippen LogP contribution in [0.25, 0.3) is 6.08 Å². The molecule has 0 atom stereocenters. The largest absolute Gasteiger partial charge is 0.490 e. The van der Waals surface area contributed by atoms with Gasteiger partial charge in [-0.25, -0.2) is 4.99 Å². The van der Waals surface area contributed by atoms with Gasteiger partial charge in [0.2, 0.25) is 0 Å². The lowest BCUT2D eigenvalue weighted by Gasteiger charge is -2.19. The predicted octanol–water partition coefficient (Wildman–Crippen LogP) is 6.33. The quantitative estimate of drug-likeness (QED) is 0.322. The highest BCUT2D eigenvalue weighted by Gasteiger charge is 2.24. The molecular weight excluding hydrogens is 444 g/mol. The van der Waals surface area contributed by atoms with Crippen molar-refractivity contribution in [3.8, 4) is 11.5 Å². The number of amides is 1. The van der Waals surface area contributed by atoms with Gasteiger partial charge in [-0.15, -0.1) is 0 Å². The number of nitrogens with one attached hydrogen (secondary N) is 1. The normalized spacial score (nSPS) is 16.0. The Bertz CT molecular complexity index is 1200. The molecule has 1 heterocycles. The zero-order valence-corrected chi connectivity index (χ0v) is 20.4. The maximum Gasteiger partial charge on any atom is 0.264 e. The lowest BCUT2D eigenvalue weighted by Crippen LogP contribution is -2.19. The van der Waals surface area contributed by atoms with Crippen molar-refractivity contribution in [1.29, 1.82) is 0 Å². The van der Waals surface area contributed by atoms with E-state index in [0.717, 1.165) is 17.0 Å². The molecule has 0 saturated carbocycles. The monoisotopic (exact) mass is 472 g/mol. The molecular formula is C28H28N2O3S. The Morgan fingerprint density at radius 1 is 0.882 bits per heavy atom. The standard InChI is InChI=1S/C28H28N2O3S/c1-28(2,3)21-13-15-23(16-14-21)32-17-18-33-24-12-8-7-9-20(24)19-25-26(31)30-27(34-25)29-22-10-5-4-6-11-22/h4-16,19H,17-18H2,1-3H3,(H,29,30,31)/b25-19+. The van der Waals surface area contributed by atoms with Crippen LogP contribution in [0.4, 0.5) is 5.69 Å². The first-order valence-electron chi connectivity index (χ1n) is 11.2. The minimum Gasteiger partial charge on any atom is -0.490 e. The van der Waals surface area contributed by atoms with Gasteiger partial charge in [0.25, 0.3) is 5.91 Å². The van der Waals surface area contributed by atoms with E-state index in [0.29, 0.717) is 29.0 Å². The Hall–Kier alpha value is -3.51. The van der Waals surface area contributed by atoms with Crippen LogP contribution in [0.5, 0.6) is 11.5 Å². The summed E-state index contributed by atoms with van der Waals surface area (Å²) in [4.78, 5) is 17.5. The van der Waals surface area contributed by atoms with Crippen molar-refractivity contribution in [2.75, 3.05) is 13.2 Å². The van der Waals surface area contributed by atoms with Crippen LogP contribution in [0, 0.1) is 0 Å². The molecule has 1 saturated heterocycles. The first kappa shape index (κ1) is 23.6. The van der Waals surface area contributed by atoms with Crippen LogP contribution in [0.1, 0.15) is 31.9 Å². The number of benzene rings is 3. The lowest BCUT2D eigenvalue weighted by molar-refractivity contribution is -0.115. The van der Waals surface area contributed by atoms with E-state index >= 15 is 0 Å². The van der Waals surface area contributed by atoms with Crippen LogP contribution in [-0.4, -0.2) is 24.3 Å². The van der Waals surface area contributed by atoms with E-state index in [1.807, 2.05) is 72.8 Å². The Balaban J connectivity index is 1.36. The van der Waals surface area contributed by atoms with Crippen molar-refractivity contribution in [2.24, 2.45) is 4.99 Å². The molecule has 1 aliphatic rings. The van der Waals surface area contributed by atoms with E-state index in [-0.39, 0.29) is 11.3 Å². The summed E-state index contributed by atoms with van der Waals surface area (Å²) in [7, 11) is 0. The number of hydrogen-bond acceptors (Lipinski definition) is 5. The van der Waals surface area contributed by atoms with Gasteiger partial charge >= 0.3 is 0 Å². The summed E-state index contributed by atoms with van der Waals surface area (Å²) in [5.41, 5.74) is 3.01. The molecule has 5 nitrogen and oxygen atoms in total. The average Bonchev–Trinajstić information content (AvgIpc) is 3.16. The third kappa shape index (κ3) is 6.29. The molecule has 4 rings (SSSR count). The molecule has 6 heteroatoms. The second-order valence-corrected chi connectivity index (χ2v) is 9.86. The van der Waals surface area contributed by atoms with Crippen LogP contribution in [-0.2, 0) is 10.2 Å². The van der Waals surface area contributed by atoms with Gasteiger partial charge in [0.05, 0.1) is 10.6 Å². The summed E-state index contributed by atoms with van der Waals surface area (Å²) in [5.74, 6) is 1.34. The fourth-order valence-electron chi connectivity index (χ4n) is 3.34. The van der Waals surface area contributed by atoms with Gasteiger partial charge in [-0.2, -0.15) is 0 Å². The highest BCUT2D eigenvalue weighted by atomic mass is 32.2. The third-order valence-corrected chi connectivity index (χ3v) is 6.08. The van der Waals surface area contributed by atoms with Crippen molar-refractivity contribution in [2.45, 2.75) is 26.2 Å². The molecule has 0 spiro atoms. The molecule has 0 aliphatic carbocycles. The molecule has 1 aliphatic heterocycles. The second kappa shape index (κ2) is 10.6. The van der Waals surface area contributed by atoms with Gasteiger partial charge in [0.1, 0.15) is 24.7 Å². The molecule has 1 N–H and O–H groups in total. The number of carbonyl (C=O) groups is 1. The minimum atomic E-state index is -0.170. The molecule has 0 radical (unpaired) electrons. The first-order chi connectivity index (χ1) is 16.4. The number of amidine groups is 1. The van der Waals surface area contributed by atoms with Gasteiger partial charge in [0.15, 0.2) is 5.17 Å². The van der Waals surface area contributed by atoms with Gasteiger partial charge in [-0.05, 0) is 59.1 Å². The Morgan fingerprint density at radius 2 is 1.56 bits per heavy atom. The highest BCUT2D eigenvalue weighted by molar-refractivity contribution is 8.18. The van der Waals surface area contributed by atoms with E-state index in [2.05, 4.69) is 43.2 Å². The van der Waals surface area contributed by atoms with Crippen LogP contribution < -0.4 is 14.8 Å². The lowest BCUT2D eigenvalue weighted by atomic mass is 9.87. The Labute approximate surface area is 204 Å². The third-order valence-electron chi connectivity index (χ3n) is 5.17. The smallest absolute Gasteiger partial charge is 0.264 e. The van der Waals surface area contributed by atoms with Crippen molar-refractivity contribution in [1.82, 2.24) is 5.32 Å². The molecule has 3 aromatic rings. The highest BCUT2D eigenvalue weighted by Crippen LogP contribution is 2.30. The molecule has 34 heavy (non-hydrogen) atoms. The zero-order valence-electron chi connectivity index (χ0n) is 19.6. The first-order valence-corrected chi connectivity index (χ1v) is 12.0. The summed E-state index contributed by atoms with van der Waals surface area (Å²) in [5, 5.41) is 3.38. The molecule has 0 unspecified atom stereocenters. The van der Waals surface area contributed by atoms with Crippen LogP contribution in [0.15, 0.2) is 88.8 Å². The SMILES string of the molecule is CC(C)(C)c1ccc(OCCOc2ccccc2/C=C2/SC(=Nc3ccccc3)NC2=O)cc1. The van der Waals surface area contributed by atoms with Crippen molar-refractivity contribution >= 4 is 34.6 Å². The van der Waals surface area contributed by atoms with Crippen molar-refractivity contribution < 1.29 is 14.3 Å². The van der Waals surface area contributed by atoms with E-state index in [1.165, 1.54) is 17.3 Å². The topological polar surface area (TPSA) is 59.9 Å². The van der Waals surface area contributed by atoms with Gasteiger partial charge in [-0.3, -0.25) is 4.79 Å². The summed E-state index contributed by atoms with van der Waals surface area (Å²) in [6, 6.07) is 25.4. The maximum absolute atomic E-state index is 12.5. The fourth-order valence-corrected chi connectivity index (χ4v) is 4.17. The van der Waals surface area contributed by atoms with Crippen molar-refractivity contribution in [3.05, 3.63) is 94.9 Å². The van der Waals surface area contributed by atoms with E-state index < -0.39 is 0 Å². The second-order valence-electron chi connectivity index (χ2n) is 8.83.